The average Bonchev–Trinajstić information content (AvgIpc) is 2.46. The number of hydrogen-bond donors (Lipinski definition) is 3. The highest BCUT2D eigenvalue weighted by Crippen LogP contribution is 2.26. The predicted molar refractivity (Wildman–Crippen MR) is 90.1 cm³/mol. The summed E-state index contributed by atoms with van der Waals surface area (Å²) < 4.78 is 0.998. The number of nitrogens with one attached hydrogen (secondary N) is 1. The van der Waals surface area contributed by atoms with Crippen molar-refractivity contribution in [3.63, 3.8) is 0 Å². The van der Waals surface area contributed by atoms with Gasteiger partial charge in [-0.25, -0.2) is 0 Å². The summed E-state index contributed by atoms with van der Waals surface area (Å²) in [5.41, 5.74) is 2.60. The molecule has 2 aromatic rings. The zero-order chi connectivity index (χ0) is 16.3. The maximum absolute atomic E-state index is 12.2. The molecule has 0 aliphatic carbocycles. The molecule has 0 bridgehead atoms. The quantitative estimate of drug-likeness (QED) is 0.719. The van der Waals surface area contributed by atoms with Crippen molar-refractivity contribution >= 4 is 27.5 Å². The minimum atomic E-state index is -0.257. The number of phenolic OH excluding ortho intramolecular Hbond substituents is 2. The van der Waals surface area contributed by atoms with Crippen LogP contribution >= 0.6 is 15.9 Å². The van der Waals surface area contributed by atoms with Gasteiger partial charge >= 0.3 is 0 Å². The van der Waals surface area contributed by atoms with Crippen LogP contribution in [0.3, 0.4) is 0 Å². The Morgan fingerprint density at radius 2 is 1.91 bits per heavy atom. The molecule has 1 unspecified atom stereocenters. The molecule has 0 spiro atoms. The van der Waals surface area contributed by atoms with Crippen LogP contribution in [0.4, 0.5) is 5.69 Å². The molecule has 0 aliphatic rings. The summed E-state index contributed by atoms with van der Waals surface area (Å²) in [7, 11) is 0. The van der Waals surface area contributed by atoms with Gasteiger partial charge in [-0.05, 0) is 54.8 Å². The first-order chi connectivity index (χ1) is 10.4. The largest absolute Gasteiger partial charge is 0.504 e. The zero-order valence-corrected chi connectivity index (χ0v) is 14.0. The molecular weight excluding hydrogens is 346 g/mol. The van der Waals surface area contributed by atoms with Gasteiger partial charge in [-0.2, -0.15) is 0 Å². The number of carbonyl (C=O) groups excluding carboxylic acids is 1. The van der Waals surface area contributed by atoms with Crippen LogP contribution in [0, 0.1) is 12.8 Å². The van der Waals surface area contributed by atoms with Gasteiger partial charge in [-0.1, -0.05) is 28.9 Å². The first-order valence-electron chi connectivity index (χ1n) is 6.94. The number of anilines is 1. The van der Waals surface area contributed by atoms with Gasteiger partial charge in [0, 0.05) is 16.1 Å². The lowest BCUT2D eigenvalue weighted by Crippen LogP contribution is -2.22. The van der Waals surface area contributed by atoms with E-state index < -0.39 is 0 Å². The lowest BCUT2D eigenvalue weighted by Gasteiger charge is -2.13. The highest BCUT2D eigenvalue weighted by atomic mass is 79.9. The van der Waals surface area contributed by atoms with Crippen LogP contribution in [0.5, 0.6) is 11.5 Å². The Hall–Kier alpha value is -2.01. The van der Waals surface area contributed by atoms with E-state index in [9.17, 15) is 15.0 Å². The first-order valence-corrected chi connectivity index (χ1v) is 7.74. The lowest BCUT2D eigenvalue weighted by atomic mass is 10.00. The number of amides is 1. The van der Waals surface area contributed by atoms with Crippen molar-refractivity contribution < 1.29 is 15.0 Å². The van der Waals surface area contributed by atoms with Gasteiger partial charge in [0.2, 0.25) is 5.91 Å². The van der Waals surface area contributed by atoms with Gasteiger partial charge in [0.05, 0.1) is 0 Å². The second kappa shape index (κ2) is 6.83. The Labute approximate surface area is 137 Å². The maximum Gasteiger partial charge on any atom is 0.227 e. The number of phenols is 2. The Morgan fingerprint density at radius 3 is 2.55 bits per heavy atom. The molecule has 116 valence electrons. The topological polar surface area (TPSA) is 69.6 Å². The van der Waals surface area contributed by atoms with E-state index >= 15 is 0 Å². The van der Waals surface area contributed by atoms with E-state index in [2.05, 4.69) is 21.2 Å². The van der Waals surface area contributed by atoms with Crippen LogP contribution in [0.2, 0.25) is 0 Å². The molecule has 0 saturated heterocycles. The number of benzene rings is 2. The van der Waals surface area contributed by atoms with Gasteiger partial charge in [0.15, 0.2) is 11.5 Å². The van der Waals surface area contributed by atoms with E-state index in [-0.39, 0.29) is 23.3 Å². The smallest absolute Gasteiger partial charge is 0.227 e. The summed E-state index contributed by atoms with van der Waals surface area (Å²) in [6.07, 6.45) is 0.481. The minimum absolute atomic E-state index is 0.0886. The van der Waals surface area contributed by atoms with Gasteiger partial charge < -0.3 is 15.5 Å². The SMILES string of the molecule is Cc1cc(NC(=O)C(C)Cc2ccc(O)c(O)c2)ccc1Br. The number of carbonyl (C=O) groups is 1. The molecule has 0 aromatic heterocycles. The molecule has 2 aromatic carbocycles. The summed E-state index contributed by atoms with van der Waals surface area (Å²) in [6.45, 7) is 3.79. The predicted octanol–water partition coefficient (Wildman–Crippen LogP) is 3.99. The van der Waals surface area contributed by atoms with Crippen molar-refractivity contribution in [1.82, 2.24) is 0 Å². The number of aryl methyl sites for hydroxylation is 1. The highest BCUT2D eigenvalue weighted by Gasteiger charge is 2.15. The molecule has 0 heterocycles. The van der Waals surface area contributed by atoms with Crippen LogP contribution in [0.15, 0.2) is 40.9 Å². The summed E-state index contributed by atoms with van der Waals surface area (Å²) in [5, 5.41) is 21.7. The fraction of sp³-hybridized carbons (Fsp3) is 0.235. The van der Waals surface area contributed by atoms with Crippen LogP contribution in [0.25, 0.3) is 0 Å². The molecule has 1 atom stereocenters. The van der Waals surface area contributed by atoms with Gasteiger partial charge in [0.25, 0.3) is 0 Å². The molecule has 22 heavy (non-hydrogen) atoms. The van der Waals surface area contributed by atoms with Crippen molar-refractivity contribution in [2.75, 3.05) is 5.32 Å². The maximum atomic E-state index is 12.2. The average molecular weight is 364 g/mol. The Kier molecular flexibility index (Phi) is 5.08. The Bertz CT molecular complexity index is 700. The molecule has 1 amide bonds. The highest BCUT2D eigenvalue weighted by molar-refractivity contribution is 9.10. The summed E-state index contributed by atoms with van der Waals surface area (Å²) in [4.78, 5) is 12.2. The van der Waals surface area contributed by atoms with E-state index in [1.165, 1.54) is 12.1 Å². The third-order valence-electron chi connectivity index (χ3n) is 3.45. The molecule has 0 radical (unpaired) electrons. The van der Waals surface area contributed by atoms with Crippen molar-refractivity contribution in [3.8, 4) is 11.5 Å². The standard InChI is InChI=1S/C17H18BrNO3/c1-10-8-13(4-5-14(10)18)19-17(22)11(2)7-12-3-6-15(20)16(21)9-12/h3-6,8-9,11,20-21H,7H2,1-2H3,(H,19,22). The molecule has 2 rings (SSSR count). The summed E-state index contributed by atoms with van der Waals surface area (Å²) >= 11 is 3.42. The van der Waals surface area contributed by atoms with E-state index in [1.807, 2.05) is 32.0 Å². The van der Waals surface area contributed by atoms with Crippen LogP contribution in [-0.4, -0.2) is 16.1 Å². The number of rotatable bonds is 4. The summed E-state index contributed by atoms with van der Waals surface area (Å²) in [5.74, 6) is -0.679. The lowest BCUT2D eigenvalue weighted by molar-refractivity contribution is -0.119. The Morgan fingerprint density at radius 1 is 1.18 bits per heavy atom. The zero-order valence-electron chi connectivity index (χ0n) is 12.4. The molecule has 5 heteroatoms. The number of aromatic hydroxyl groups is 2. The van der Waals surface area contributed by atoms with Crippen molar-refractivity contribution in [1.29, 1.82) is 0 Å². The van der Waals surface area contributed by atoms with Crippen LogP contribution in [0.1, 0.15) is 18.1 Å². The third kappa shape index (κ3) is 4.01. The molecule has 0 saturated carbocycles. The molecule has 3 N–H and O–H groups in total. The Balaban J connectivity index is 2.02. The third-order valence-corrected chi connectivity index (χ3v) is 4.34. The van der Waals surface area contributed by atoms with Gasteiger partial charge in [-0.15, -0.1) is 0 Å². The minimum Gasteiger partial charge on any atom is -0.504 e. The van der Waals surface area contributed by atoms with E-state index in [1.54, 1.807) is 6.07 Å². The first kappa shape index (κ1) is 16.4. The normalized spacial score (nSPS) is 12.0. The second-order valence-electron chi connectivity index (χ2n) is 5.38. The molecule has 0 aliphatic heterocycles. The number of halogens is 1. The van der Waals surface area contributed by atoms with Crippen molar-refractivity contribution in [2.24, 2.45) is 5.92 Å². The molecule has 4 nitrogen and oxygen atoms in total. The number of hydrogen-bond acceptors (Lipinski definition) is 3. The van der Waals surface area contributed by atoms with E-state index in [0.29, 0.717) is 6.42 Å². The van der Waals surface area contributed by atoms with Crippen molar-refractivity contribution in [3.05, 3.63) is 52.0 Å². The van der Waals surface area contributed by atoms with E-state index in [0.717, 1.165) is 21.3 Å². The van der Waals surface area contributed by atoms with Gasteiger partial charge in [0.1, 0.15) is 0 Å². The molecule has 0 fully saturated rings. The van der Waals surface area contributed by atoms with Crippen molar-refractivity contribution in [2.45, 2.75) is 20.3 Å². The second-order valence-corrected chi connectivity index (χ2v) is 6.24. The van der Waals surface area contributed by atoms with Crippen LogP contribution < -0.4 is 5.32 Å². The molecular formula is C17H18BrNO3. The fourth-order valence-electron chi connectivity index (χ4n) is 2.13. The summed E-state index contributed by atoms with van der Waals surface area (Å²) in [6, 6.07) is 10.2. The fourth-order valence-corrected chi connectivity index (χ4v) is 2.38. The van der Waals surface area contributed by atoms with Gasteiger partial charge in [-0.3, -0.25) is 4.79 Å². The monoisotopic (exact) mass is 363 g/mol. The van der Waals surface area contributed by atoms with Crippen LogP contribution in [-0.2, 0) is 11.2 Å². The van der Waals surface area contributed by atoms with E-state index in [4.69, 9.17) is 0 Å².